The average molecular weight is 230 g/mol. The van der Waals surface area contributed by atoms with Crippen LogP contribution in [0.1, 0.15) is 23.2 Å². The van der Waals surface area contributed by atoms with Gasteiger partial charge in [-0.25, -0.2) is 5.06 Å². The number of amides is 1. The Kier molecular flexibility index (Phi) is 2.57. The van der Waals surface area contributed by atoms with E-state index in [-0.39, 0.29) is 5.91 Å². The van der Waals surface area contributed by atoms with Crippen LogP contribution in [0.2, 0.25) is 0 Å². The van der Waals surface area contributed by atoms with Crippen LogP contribution in [0.4, 0.5) is 0 Å². The number of hydrogen-bond acceptors (Lipinski definition) is 2. The lowest BCUT2D eigenvalue weighted by atomic mass is 10.2. The molecule has 1 aliphatic rings. The van der Waals surface area contributed by atoms with Crippen LogP contribution in [0.15, 0.2) is 36.7 Å². The van der Waals surface area contributed by atoms with Gasteiger partial charge in [0.2, 0.25) is 0 Å². The van der Waals surface area contributed by atoms with Crippen molar-refractivity contribution in [2.45, 2.75) is 12.8 Å². The van der Waals surface area contributed by atoms with Crippen molar-refractivity contribution in [2.24, 2.45) is 0 Å². The fraction of sp³-hybridized carbons (Fsp3) is 0.308. The molecule has 1 fully saturated rings. The van der Waals surface area contributed by atoms with Gasteiger partial charge in [0.1, 0.15) is 0 Å². The van der Waals surface area contributed by atoms with E-state index in [9.17, 15) is 4.79 Å². The molecule has 3 heterocycles. The molecular weight excluding hydrogens is 216 g/mol. The van der Waals surface area contributed by atoms with Crippen molar-refractivity contribution in [1.29, 1.82) is 0 Å². The summed E-state index contributed by atoms with van der Waals surface area (Å²) in [6.45, 7) is 1.32. The number of hydrogen-bond donors (Lipinski definition) is 0. The lowest BCUT2D eigenvalue weighted by Gasteiger charge is -2.25. The van der Waals surface area contributed by atoms with Crippen molar-refractivity contribution in [3.63, 3.8) is 0 Å². The number of pyridine rings is 1. The van der Waals surface area contributed by atoms with Crippen molar-refractivity contribution < 1.29 is 9.63 Å². The molecule has 3 rings (SSSR count). The minimum absolute atomic E-state index is 0.0478. The highest BCUT2D eigenvalue weighted by Gasteiger charge is 2.20. The van der Waals surface area contributed by atoms with Gasteiger partial charge in [-0.2, -0.15) is 0 Å². The maximum atomic E-state index is 12.2. The fourth-order valence-electron chi connectivity index (χ4n) is 2.07. The highest BCUT2D eigenvalue weighted by molar-refractivity contribution is 5.95. The number of hydroxylamine groups is 2. The van der Waals surface area contributed by atoms with Crippen molar-refractivity contribution >= 4 is 11.4 Å². The number of carbonyl (C=O) groups excluding carboxylic acids is 1. The summed E-state index contributed by atoms with van der Waals surface area (Å²) in [5.41, 5.74) is 1.70. The maximum absolute atomic E-state index is 12.2. The summed E-state index contributed by atoms with van der Waals surface area (Å²) in [4.78, 5) is 17.5. The average Bonchev–Trinajstić information content (AvgIpc) is 2.82. The molecule has 1 amide bonds. The molecule has 0 aromatic carbocycles. The Hall–Kier alpha value is -1.81. The van der Waals surface area contributed by atoms with Gasteiger partial charge >= 0.3 is 0 Å². The van der Waals surface area contributed by atoms with Crippen molar-refractivity contribution in [2.75, 3.05) is 13.2 Å². The first-order chi connectivity index (χ1) is 8.34. The van der Waals surface area contributed by atoms with E-state index >= 15 is 0 Å². The quantitative estimate of drug-likeness (QED) is 0.751. The molecule has 1 aliphatic heterocycles. The predicted octanol–water partition coefficient (Wildman–Crippen LogP) is 2.11. The van der Waals surface area contributed by atoms with Gasteiger partial charge < -0.3 is 4.40 Å². The van der Waals surface area contributed by atoms with Crippen molar-refractivity contribution in [1.82, 2.24) is 9.46 Å². The van der Waals surface area contributed by atoms with Gasteiger partial charge in [0.05, 0.1) is 12.2 Å². The van der Waals surface area contributed by atoms with E-state index in [1.165, 1.54) is 5.06 Å². The minimum atomic E-state index is -0.0478. The summed E-state index contributed by atoms with van der Waals surface area (Å²) >= 11 is 0. The van der Waals surface area contributed by atoms with Gasteiger partial charge in [-0.15, -0.1) is 0 Å². The summed E-state index contributed by atoms with van der Waals surface area (Å²) in [6, 6.07) is 7.77. The second-order valence-corrected chi connectivity index (χ2v) is 4.21. The highest BCUT2D eigenvalue weighted by Crippen LogP contribution is 2.15. The lowest BCUT2D eigenvalue weighted by molar-refractivity contribution is -0.144. The molecule has 0 radical (unpaired) electrons. The number of rotatable bonds is 1. The summed E-state index contributed by atoms with van der Waals surface area (Å²) in [6.07, 6.45) is 5.82. The second-order valence-electron chi connectivity index (χ2n) is 4.21. The molecule has 2 aromatic rings. The smallest absolute Gasteiger partial charge is 0.278 e. The first-order valence-electron chi connectivity index (χ1n) is 5.86. The zero-order chi connectivity index (χ0) is 11.7. The first kappa shape index (κ1) is 10.4. The van der Waals surface area contributed by atoms with E-state index in [1.807, 2.05) is 41.1 Å². The van der Waals surface area contributed by atoms with Crippen molar-refractivity contribution in [3.05, 3.63) is 42.2 Å². The standard InChI is InChI=1S/C13H14N2O2/c16-13(15-7-3-4-8-17-15)11-9-12-5-1-2-6-14(12)10-11/h1-2,5-6,9-10H,3-4,7-8H2. The molecule has 17 heavy (non-hydrogen) atoms. The van der Waals surface area contributed by atoms with Crippen LogP contribution in [0.25, 0.3) is 5.52 Å². The molecule has 0 atom stereocenters. The molecule has 0 unspecified atom stereocenters. The number of carbonyl (C=O) groups is 1. The summed E-state index contributed by atoms with van der Waals surface area (Å²) < 4.78 is 1.94. The zero-order valence-corrected chi connectivity index (χ0v) is 9.50. The number of aromatic nitrogens is 1. The molecule has 4 nitrogen and oxygen atoms in total. The largest absolute Gasteiger partial charge is 0.323 e. The third-order valence-corrected chi connectivity index (χ3v) is 2.98. The normalized spacial score (nSPS) is 16.4. The first-order valence-corrected chi connectivity index (χ1v) is 5.86. The van der Waals surface area contributed by atoms with Crippen LogP contribution in [0.3, 0.4) is 0 Å². The van der Waals surface area contributed by atoms with Crippen LogP contribution < -0.4 is 0 Å². The van der Waals surface area contributed by atoms with Gasteiger partial charge in [0.15, 0.2) is 0 Å². The molecule has 4 heteroatoms. The molecule has 0 aliphatic carbocycles. The lowest BCUT2D eigenvalue weighted by Crippen LogP contribution is -2.35. The molecule has 88 valence electrons. The van der Waals surface area contributed by atoms with E-state index in [4.69, 9.17) is 4.84 Å². The topological polar surface area (TPSA) is 34.0 Å². The molecule has 2 aromatic heterocycles. The van der Waals surface area contributed by atoms with Crippen LogP contribution in [-0.2, 0) is 4.84 Å². The third kappa shape index (κ3) is 1.91. The van der Waals surface area contributed by atoms with Crippen LogP contribution in [0, 0.1) is 0 Å². The van der Waals surface area contributed by atoms with Gasteiger partial charge in [-0.3, -0.25) is 9.63 Å². The Morgan fingerprint density at radius 3 is 3.00 bits per heavy atom. The van der Waals surface area contributed by atoms with Crippen molar-refractivity contribution in [3.8, 4) is 0 Å². The Morgan fingerprint density at radius 1 is 1.29 bits per heavy atom. The van der Waals surface area contributed by atoms with Gasteiger partial charge in [0.25, 0.3) is 5.91 Å². The molecular formula is C13H14N2O2. The van der Waals surface area contributed by atoms with E-state index < -0.39 is 0 Å². The van der Waals surface area contributed by atoms with E-state index in [0.29, 0.717) is 18.7 Å². The van der Waals surface area contributed by atoms with E-state index in [0.717, 1.165) is 18.4 Å². The third-order valence-electron chi connectivity index (χ3n) is 2.98. The van der Waals surface area contributed by atoms with Crippen LogP contribution >= 0.6 is 0 Å². The Labute approximate surface area is 99.4 Å². The SMILES string of the molecule is O=C(c1cc2ccccn2c1)N1CCCCO1. The summed E-state index contributed by atoms with van der Waals surface area (Å²) in [5.74, 6) is -0.0478. The maximum Gasteiger partial charge on any atom is 0.278 e. The molecule has 0 bridgehead atoms. The molecule has 0 N–H and O–H groups in total. The van der Waals surface area contributed by atoms with Crippen LogP contribution in [-0.4, -0.2) is 28.5 Å². The van der Waals surface area contributed by atoms with Gasteiger partial charge in [0, 0.05) is 24.5 Å². The van der Waals surface area contributed by atoms with Crippen LogP contribution in [0.5, 0.6) is 0 Å². The second kappa shape index (κ2) is 4.22. The molecule has 0 spiro atoms. The van der Waals surface area contributed by atoms with Gasteiger partial charge in [-0.05, 0) is 31.0 Å². The molecule has 0 saturated carbocycles. The van der Waals surface area contributed by atoms with E-state index in [1.54, 1.807) is 0 Å². The molecule has 1 saturated heterocycles. The fourth-order valence-corrected chi connectivity index (χ4v) is 2.07. The Morgan fingerprint density at radius 2 is 2.24 bits per heavy atom. The van der Waals surface area contributed by atoms with E-state index in [2.05, 4.69) is 0 Å². The zero-order valence-electron chi connectivity index (χ0n) is 9.50. The predicted molar refractivity (Wildman–Crippen MR) is 63.6 cm³/mol. The van der Waals surface area contributed by atoms with Gasteiger partial charge in [-0.1, -0.05) is 6.07 Å². The minimum Gasteiger partial charge on any atom is -0.323 e. The highest BCUT2D eigenvalue weighted by atomic mass is 16.7. The summed E-state index contributed by atoms with van der Waals surface area (Å²) in [5, 5.41) is 1.47. The number of nitrogens with zero attached hydrogens (tertiary/aromatic N) is 2. The number of fused-ring (bicyclic) bond motifs is 1. The monoisotopic (exact) mass is 230 g/mol. The summed E-state index contributed by atoms with van der Waals surface area (Å²) in [7, 11) is 0. The Bertz CT molecular complexity index is 508. The Balaban J connectivity index is 1.89.